The van der Waals surface area contributed by atoms with Crippen molar-refractivity contribution < 1.29 is 4.79 Å². The van der Waals surface area contributed by atoms with E-state index in [1.54, 1.807) is 24.3 Å². The summed E-state index contributed by atoms with van der Waals surface area (Å²) in [7, 11) is 0. The number of nitrogens with one attached hydrogen (secondary N) is 3. The van der Waals surface area contributed by atoms with E-state index in [1.807, 2.05) is 13.8 Å². The highest BCUT2D eigenvalue weighted by Crippen LogP contribution is 2.07. The fourth-order valence-electron chi connectivity index (χ4n) is 1.53. The molecule has 0 aliphatic carbocycles. The maximum atomic E-state index is 11.9. The van der Waals surface area contributed by atoms with E-state index in [1.165, 1.54) is 11.0 Å². The van der Waals surface area contributed by atoms with Crippen molar-refractivity contribution in [2.24, 2.45) is 0 Å². The number of nitrogens with zero attached hydrogens (tertiary/aromatic N) is 4. The molecular formula is C12H15N7OS. The average molecular weight is 305 g/mol. The van der Waals surface area contributed by atoms with E-state index < -0.39 is 0 Å². The molecule has 0 aliphatic heterocycles. The Morgan fingerprint density at radius 2 is 1.95 bits per heavy atom. The Balaban J connectivity index is 1.93. The molecule has 0 spiro atoms. The van der Waals surface area contributed by atoms with Crippen LogP contribution in [0.4, 0.5) is 0 Å². The third-order valence-electron chi connectivity index (χ3n) is 2.45. The summed E-state index contributed by atoms with van der Waals surface area (Å²) in [5, 5.41) is 14.2. The summed E-state index contributed by atoms with van der Waals surface area (Å²) in [4.78, 5) is 11.9. The summed E-state index contributed by atoms with van der Waals surface area (Å²) >= 11 is 5.01. The first-order valence-corrected chi connectivity index (χ1v) is 6.67. The number of tetrazole rings is 1. The second-order valence-electron chi connectivity index (χ2n) is 4.51. The lowest BCUT2D eigenvalue weighted by molar-refractivity contribution is 0.0943. The number of thiocarbonyl (C=S) groups is 1. The van der Waals surface area contributed by atoms with Gasteiger partial charge in [0.15, 0.2) is 5.11 Å². The first kappa shape index (κ1) is 14.9. The largest absolute Gasteiger partial charge is 0.359 e. The van der Waals surface area contributed by atoms with Gasteiger partial charge in [-0.05, 0) is 60.8 Å². The SMILES string of the molecule is CC(C)NC(=S)NNC(=O)c1ccc(-n2cnnn2)cc1. The highest BCUT2D eigenvalue weighted by molar-refractivity contribution is 7.80. The average Bonchev–Trinajstić information content (AvgIpc) is 2.98. The minimum Gasteiger partial charge on any atom is -0.359 e. The molecule has 9 heteroatoms. The molecule has 2 aromatic rings. The summed E-state index contributed by atoms with van der Waals surface area (Å²) < 4.78 is 1.50. The normalized spacial score (nSPS) is 10.2. The maximum absolute atomic E-state index is 11.9. The lowest BCUT2D eigenvalue weighted by Crippen LogP contribution is -2.48. The first-order valence-electron chi connectivity index (χ1n) is 6.26. The Bertz CT molecular complexity index is 609. The zero-order valence-corrected chi connectivity index (χ0v) is 12.4. The van der Waals surface area contributed by atoms with Gasteiger partial charge in [0.25, 0.3) is 5.91 Å². The van der Waals surface area contributed by atoms with Crippen molar-refractivity contribution >= 4 is 23.2 Å². The maximum Gasteiger partial charge on any atom is 0.269 e. The molecule has 0 saturated heterocycles. The van der Waals surface area contributed by atoms with Crippen molar-refractivity contribution in [1.29, 1.82) is 0 Å². The summed E-state index contributed by atoms with van der Waals surface area (Å²) in [6, 6.07) is 7.03. The van der Waals surface area contributed by atoms with Gasteiger partial charge in [0.05, 0.1) is 5.69 Å². The highest BCUT2D eigenvalue weighted by atomic mass is 32.1. The molecule has 1 amide bonds. The van der Waals surface area contributed by atoms with Crippen LogP contribution in [-0.4, -0.2) is 37.3 Å². The molecule has 0 saturated carbocycles. The van der Waals surface area contributed by atoms with Crippen molar-refractivity contribution in [2.45, 2.75) is 19.9 Å². The molecule has 3 N–H and O–H groups in total. The number of carbonyl (C=O) groups excluding carboxylic acids is 1. The Morgan fingerprint density at radius 3 is 2.52 bits per heavy atom. The van der Waals surface area contributed by atoms with E-state index in [0.717, 1.165) is 5.69 Å². The monoisotopic (exact) mass is 305 g/mol. The zero-order chi connectivity index (χ0) is 15.2. The lowest BCUT2D eigenvalue weighted by atomic mass is 10.2. The van der Waals surface area contributed by atoms with Gasteiger partial charge in [0.1, 0.15) is 6.33 Å². The smallest absolute Gasteiger partial charge is 0.269 e. The van der Waals surface area contributed by atoms with E-state index in [0.29, 0.717) is 10.7 Å². The molecule has 1 heterocycles. The van der Waals surface area contributed by atoms with E-state index >= 15 is 0 Å². The van der Waals surface area contributed by atoms with Crippen LogP contribution in [0.3, 0.4) is 0 Å². The Hall–Kier alpha value is -2.55. The minimum absolute atomic E-state index is 0.192. The van der Waals surface area contributed by atoms with Gasteiger partial charge in [-0.25, -0.2) is 4.68 Å². The zero-order valence-electron chi connectivity index (χ0n) is 11.6. The molecule has 0 unspecified atom stereocenters. The standard InChI is InChI=1S/C12H15N7OS/c1-8(2)14-12(21)16-15-11(20)9-3-5-10(6-4-9)19-7-13-17-18-19/h3-8H,1-2H3,(H,15,20)(H2,14,16,21). The van der Waals surface area contributed by atoms with Gasteiger partial charge >= 0.3 is 0 Å². The third kappa shape index (κ3) is 4.21. The van der Waals surface area contributed by atoms with Crippen LogP contribution >= 0.6 is 12.2 Å². The van der Waals surface area contributed by atoms with Crippen molar-refractivity contribution in [3.63, 3.8) is 0 Å². The molecule has 8 nitrogen and oxygen atoms in total. The number of hydrazine groups is 1. The van der Waals surface area contributed by atoms with E-state index in [2.05, 4.69) is 31.7 Å². The van der Waals surface area contributed by atoms with Crippen LogP contribution in [0.5, 0.6) is 0 Å². The number of carbonyl (C=O) groups is 1. The molecule has 1 aromatic carbocycles. The van der Waals surface area contributed by atoms with Crippen LogP contribution in [0, 0.1) is 0 Å². The van der Waals surface area contributed by atoms with E-state index in [9.17, 15) is 4.79 Å². The van der Waals surface area contributed by atoms with Gasteiger partial charge in [-0.3, -0.25) is 15.6 Å². The molecule has 0 radical (unpaired) electrons. The molecular weight excluding hydrogens is 290 g/mol. The van der Waals surface area contributed by atoms with Gasteiger partial charge in [-0.2, -0.15) is 0 Å². The fraction of sp³-hybridized carbons (Fsp3) is 0.250. The summed E-state index contributed by atoms with van der Waals surface area (Å²) in [6.07, 6.45) is 1.48. The molecule has 0 fully saturated rings. The van der Waals surface area contributed by atoms with Crippen LogP contribution in [-0.2, 0) is 0 Å². The number of aromatic nitrogens is 4. The molecule has 110 valence electrons. The number of hydrogen-bond acceptors (Lipinski definition) is 5. The number of rotatable bonds is 3. The third-order valence-corrected chi connectivity index (χ3v) is 2.67. The second-order valence-corrected chi connectivity index (χ2v) is 4.92. The van der Waals surface area contributed by atoms with Crippen molar-refractivity contribution in [1.82, 2.24) is 36.4 Å². The first-order chi connectivity index (χ1) is 10.1. The van der Waals surface area contributed by atoms with Crippen molar-refractivity contribution in [3.8, 4) is 5.69 Å². The summed E-state index contributed by atoms with van der Waals surface area (Å²) in [5.41, 5.74) is 6.41. The molecule has 0 bridgehead atoms. The number of hydrogen-bond donors (Lipinski definition) is 3. The molecule has 0 atom stereocenters. The molecule has 1 aromatic heterocycles. The topological polar surface area (TPSA) is 96.8 Å². The van der Waals surface area contributed by atoms with Crippen LogP contribution in [0.25, 0.3) is 5.69 Å². The number of amides is 1. The lowest BCUT2D eigenvalue weighted by Gasteiger charge is -2.13. The van der Waals surface area contributed by atoms with Crippen molar-refractivity contribution in [2.75, 3.05) is 0 Å². The predicted octanol–water partition coefficient (Wildman–Crippen LogP) is 0.180. The van der Waals surface area contributed by atoms with Gasteiger partial charge in [0.2, 0.25) is 0 Å². The predicted molar refractivity (Wildman–Crippen MR) is 80.6 cm³/mol. The fourth-order valence-corrected chi connectivity index (χ4v) is 1.82. The van der Waals surface area contributed by atoms with Gasteiger partial charge in [-0.1, -0.05) is 0 Å². The van der Waals surface area contributed by atoms with Crippen LogP contribution in [0.2, 0.25) is 0 Å². The van der Waals surface area contributed by atoms with E-state index in [4.69, 9.17) is 12.2 Å². The van der Waals surface area contributed by atoms with Gasteiger partial charge in [-0.15, -0.1) is 5.10 Å². The summed E-state index contributed by atoms with van der Waals surface area (Å²) in [6.45, 7) is 3.90. The second kappa shape index (κ2) is 6.75. The van der Waals surface area contributed by atoms with Crippen molar-refractivity contribution in [3.05, 3.63) is 36.2 Å². The molecule has 2 rings (SSSR count). The quantitative estimate of drug-likeness (QED) is 0.550. The minimum atomic E-state index is -0.286. The Morgan fingerprint density at radius 1 is 1.24 bits per heavy atom. The molecule has 21 heavy (non-hydrogen) atoms. The van der Waals surface area contributed by atoms with Gasteiger partial charge < -0.3 is 5.32 Å². The van der Waals surface area contributed by atoms with Crippen LogP contribution < -0.4 is 16.2 Å². The van der Waals surface area contributed by atoms with E-state index in [-0.39, 0.29) is 11.9 Å². The number of benzene rings is 1. The van der Waals surface area contributed by atoms with Gasteiger partial charge in [0, 0.05) is 11.6 Å². The van der Waals surface area contributed by atoms with Crippen LogP contribution in [0.15, 0.2) is 30.6 Å². The summed E-state index contributed by atoms with van der Waals surface area (Å²) in [5.74, 6) is -0.286. The molecule has 0 aliphatic rings. The highest BCUT2D eigenvalue weighted by Gasteiger charge is 2.07. The van der Waals surface area contributed by atoms with Crippen LogP contribution in [0.1, 0.15) is 24.2 Å². The Kier molecular flexibility index (Phi) is 4.77. The Labute approximate surface area is 126 Å².